The summed E-state index contributed by atoms with van der Waals surface area (Å²) in [6, 6.07) is 4.94. The topological polar surface area (TPSA) is 89.3 Å². The van der Waals surface area contributed by atoms with Crippen molar-refractivity contribution in [3.8, 4) is 0 Å². The first kappa shape index (κ1) is 18.1. The molecule has 21 heavy (non-hydrogen) atoms. The molecule has 1 amide bonds. The lowest BCUT2D eigenvalue weighted by Gasteiger charge is -2.07. The molecular formula is C13H19ClN2O3S2. The van der Waals surface area contributed by atoms with Gasteiger partial charge >= 0.3 is 0 Å². The first-order valence-electron chi connectivity index (χ1n) is 6.38. The summed E-state index contributed by atoms with van der Waals surface area (Å²) in [4.78, 5) is 11.7. The molecule has 0 atom stereocenters. The van der Waals surface area contributed by atoms with Gasteiger partial charge in [0.05, 0.1) is 16.5 Å². The van der Waals surface area contributed by atoms with E-state index in [1.165, 1.54) is 18.0 Å². The van der Waals surface area contributed by atoms with Crippen LogP contribution in [0.4, 0.5) is 11.4 Å². The molecule has 1 aromatic rings. The Morgan fingerprint density at radius 3 is 2.71 bits per heavy atom. The lowest BCUT2D eigenvalue weighted by atomic mass is 10.2. The second kappa shape index (κ2) is 8.51. The maximum absolute atomic E-state index is 11.7. The molecule has 0 aliphatic heterocycles. The normalized spacial score (nSPS) is 11.3. The highest BCUT2D eigenvalue weighted by molar-refractivity contribution is 8.00. The summed E-state index contributed by atoms with van der Waals surface area (Å²) in [6.07, 6.45) is 2.30. The van der Waals surface area contributed by atoms with Gasteiger partial charge in [-0.1, -0.05) is 11.6 Å². The maximum Gasteiger partial charge on any atom is 0.224 e. The molecule has 1 rings (SSSR count). The highest BCUT2D eigenvalue weighted by Gasteiger charge is 2.05. The fourth-order valence-corrected chi connectivity index (χ4v) is 3.84. The first-order chi connectivity index (χ1) is 9.78. The minimum Gasteiger partial charge on any atom is -0.397 e. The first-order valence-corrected chi connectivity index (χ1v) is 9.97. The van der Waals surface area contributed by atoms with E-state index in [0.717, 1.165) is 5.75 Å². The SMILES string of the molecule is CS(=O)(=O)CCSCCCC(=O)Nc1ccc(Cl)c(N)c1. The number of carbonyl (C=O) groups excluding carboxylic acids is 1. The summed E-state index contributed by atoms with van der Waals surface area (Å²) in [7, 11) is -2.90. The lowest BCUT2D eigenvalue weighted by molar-refractivity contribution is -0.116. The Hall–Kier alpha value is -0.920. The number of hydrogen-bond acceptors (Lipinski definition) is 5. The van der Waals surface area contributed by atoms with Gasteiger partial charge in [-0.2, -0.15) is 11.8 Å². The van der Waals surface area contributed by atoms with Gasteiger partial charge in [-0.15, -0.1) is 0 Å². The molecule has 0 bridgehead atoms. The van der Waals surface area contributed by atoms with Crippen molar-refractivity contribution in [2.24, 2.45) is 0 Å². The molecule has 8 heteroatoms. The second-order valence-corrected chi connectivity index (χ2v) is 8.52. The minimum absolute atomic E-state index is 0.0968. The van der Waals surface area contributed by atoms with Crippen molar-refractivity contribution in [3.63, 3.8) is 0 Å². The molecule has 0 saturated heterocycles. The molecule has 1 aromatic carbocycles. The number of nitrogens with one attached hydrogen (secondary N) is 1. The molecule has 0 aliphatic carbocycles. The number of anilines is 2. The molecule has 118 valence electrons. The van der Waals surface area contributed by atoms with Crippen LogP contribution in [0.2, 0.25) is 5.02 Å². The number of amides is 1. The van der Waals surface area contributed by atoms with Crippen LogP contribution in [0.5, 0.6) is 0 Å². The van der Waals surface area contributed by atoms with E-state index in [1.807, 2.05) is 0 Å². The van der Waals surface area contributed by atoms with Gasteiger partial charge in [-0.3, -0.25) is 4.79 Å². The molecular weight excluding hydrogens is 332 g/mol. The number of nitrogens with two attached hydrogens (primary N) is 1. The number of sulfone groups is 1. The Balaban J connectivity index is 2.21. The summed E-state index contributed by atoms with van der Waals surface area (Å²) in [5, 5.41) is 3.20. The third-order valence-corrected chi connectivity index (χ3v) is 5.19. The van der Waals surface area contributed by atoms with Crippen molar-refractivity contribution in [1.82, 2.24) is 0 Å². The fourth-order valence-electron chi connectivity index (χ4n) is 1.49. The quantitative estimate of drug-likeness (QED) is 0.555. The van der Waals surface area contributed by atoms with Gasteiger partial charge in [0.1, 0.15) is 9.84 Å². The van der Waals surface area contributed by atoms with E-state index in [-0.39, 0.29) is 11.7 Å². The lowest BCUT2D eigenvalue weighted by Crippen LogP contribution is -2.12. The molecule has 0 radical (unpaired) electrons. The Morgan fingerprint density at radius 2 is 2.10 bits per heavy atom. The van der Waals surface area contributed by atoms with Crippen LogP contribution in [-0.4, -0.2) is 37.8 Å². The molecule has 5 nitrogen and oxygen atoms in total. The zero-order chi connectivity index (χ0) is 15.9. The second-order valence-electron chi connectivity index (χ2n) is 4.63. The van der Waals surface area contributed by atoms with E-state index in [9.17, 15) is 13.2 Å². The number of rotatable bonds is 8. The predicted molar refractivity (Wildman–Crippen MR) is 90.8 cm³/mol. The Bertz CT molecular complexity index is 591. The standard InChI is InChI=1S/C13H19ClN2O3S2/c1-21(18,19)8-7-20-6-2-3-13(17)16-10-4-5-11(14)12(15)9-10/h4-5,9H,2-3,6-8,15H2,1H3,(H,16,17). The van der Waals surface area contributed by atoms with Crippen molar-refractivity contribution >= 4 is 50.5 Å². The highest BCUT2D eigenvalue weighted by atomic mass is 35.5. The van der Waals surface area contributed by atoms with Crippen molar-refractivity contribution in [2.45, 2.75) is 12.8 Å². The molecule has 0 saturated carbocycles. The summed E-state index contributed by atoms with van der Waals surface area (Å²) >= 11 is 7.33. The van der Waals surface area contributed by atoms with Gasteiger partial charge in [0.25, 0.3) is 0 Å². The summed E-state index contributed by atoms with van der Waals surface area (Å²) in [5.74, 6) is 1.40. The van der Waals surface area contributed by atoms with Crippen molar-refractivity contribution in [1.29, 1.82) is 0 Å². The zero-order valence-corrected chi connectivity index (χ0v) is 14.2. The number of hydrogen-bond donors (Lipinski definition) is 2. The molecule has 3 N–H and O–H groups in total. The average Bonchev–Trinajstić information content (AvgIpc) is 2.37. The number of halogens is 1. The van der Waals surface area contributed by atoms with Gasteiger partial charge in [0.2, 0.25) is 5.91 Å². The van der Waals surface area contributed by atoms with Crippen LogP contribution in [0.3, 0.4) is 0 Å². The maximum atomic E-state index is 11.7. The molecule has 0 unspecified atom stereocenters. The number of thioether (sulfide) groups is 1. The highest BCUT2D eigenvalue weighted by Crippen LogP contribution is 2.22. The Morgan fingerprint density at radius 1 is 1.38 bits per heavy atom. The van der Waals surface area contributed by atoms with Crippen LogP contribution in [0.15, 0.2) is 18.2 Å². The third-order valence-electron chi connectivity index (χ3n) is 2.57. The van der Waals surface area contributed by atoms with Crippen molar-refractivity contribution in [3.05, 3.63) is 23.2 Å². The van der Waals surface area contributed by atoms with Crippen LogP contribution >= 0.6 is 23.4 Å². The molecule has 0 aliphatic rings. The van der Waals surface area contributed by atoms with Crippen molar-refractivity contribution in [2.75, 3.05) is 34.6 Å². The summed E-state index contributed by atoms with van der Waals surface area (Å²) in [6.45, 7) is 0. The number of nitrogen functional groups attached to an aromatic ring is 1. The van der Waals surface area contributed by atoms with E-state index in [0.29, 0.717) is 35.0 Å². The zero-order valence-electron chi connectivity index (χ0n) is 11.8. The molecule has 0 spiro atoms. The Kier molecular flexibility index (Phi) is 7.34. The summed E-state index contributed by atoms with van der Waals surface area (Å²) in [5.41, 5.74) is 6.69. The van der Waals surface area contributed by atoms with Crippen LogP contribution < -0.4 is 11.1 Å². The molecule has 0 aromatic heterocycles. The van der Waals surface area contributed by atoms with Gasteiger partial charge in [-0.05, 0) is 30.4 Å². The Labute approximate surface area is 134 Å². The van der Waals surface area contributed by atoms with Crippen LogP contribution in [0.1, 0.15) is 12.8 Å². The minimum atomic E-state index is -2.90. The van der Waals surface area contributed by atoms with Crippen LogP contribution in [-0.2, 0) is 14.6 Å². The largest absolute Gasteiger partial charge is 0.397 e. The van der Waals surface area contributed by atoms with E-state index in [2.05, 4.69) is 5.32 Å². The van der Waals surface area contributed by atoms with E-state index < -0.39 is 9.84 Å². The van der Waals surface area contributed by atoms with Crippen molar-refractivity contribution < 1.29 is 13.2 Å². The molecule has 0 heterocycles. The summed E-state index contributed by atoms with van der Waals surface area (Å²) < 4.78 is 21.9. The van der Waals surface area contributed by atoms with E-state index >= 15 is 0 Å². The fraction of sp³-hybridized carbons (Fsp3) is 0.462. The number of carbonyl (C=O) groups is 1. The van der Waals surface area contributed by atoms with Gasteiger partial charge < -0.3 is 11.1 Å². The predicted octanol–water partition coefficient (Wildman–Crippen LogP) is 2.42. The number of benzene rings is 1. The monoisotopic (exact) mass is 350 g/mol. The van der Waals surface area contributed by atoms with Gasteiger partial charge in [-0.25, -0.2) is 8.42 Å². The van der Waals surface area contributed by atoms with Gasteiger partial charge in [0, 0.05) is 24.1 Å². The molecule has 0 fully saturated rings. The van der Waals surface area contributed by atoms with E-state index in [1.54, 1.807) is 18.2 Å². The van der Waals surface area contributed by atoms with E-state index in [4.69, 9.17) is 17.3 Å². The average molecular weight is 351 g/mol. The van der Waals surface area contributed by atoms with Crippen LogP contribution in [0, 0.1) is 0 Å². The third kappa shape index (κ3) is 8.18. The van der Waals surface area contributed by atoms with Crippen LogP contribution in [0.25, 0.3) is 0 Å². The van der Waals surface area contributed by atoms with Gasteiger partial charge in [0.15, 0.2) is 0 Å². The smallest absolute Gasteiger partial charge is 0.224 e.